The van der Waals surface area contributed by atoms with Crippen molar-refractivity contribution >= 4 is 23.7 Å². The molecular formula is C16H18F2N2O5. The molecule has 0 bridgehead atoms. The van der Waals surface area contributed by atoms with Crippen LogP contribution in [0.25, 0.3) is 0 Å². The number of piperidine rings is 1. The van der Waals surface area contributed by atoms with Crippen molar-refractivity contribution in [2.75, 3.05) is 25.5 Å². The van der Waals surface area contributed by atoms with Crippen molar-refractivity contribution in [3.05, 3.63) is 29.3 Å². The fourth-order valence-corrected chi connectivity index (χ4v) is 2.84. The van der Waals surface area contributed by atoms with E-state index in [1.54, 1.807) is 0 Å². The van der Waals surface area contributed by atoms with Crippen LogP contribution in [-0.2, 0) is 9.53 Å². The van der Waals surface area contributed by atoms with E-state index in [2.05, 4.69) is 10.1 Å². The normalized spacial score (nSPS) is 20.1. The van der Waals surface area contributed by atoms with E-state index in [0.717, 1.165) is 19.2 Å². The Hall–Kier alpha value is -2.71. The van der Waals surface area contributed by atoms with Gasteiger partial charge in [0, 0.05) is 18.8 Å². The molecule has 0 saturated carbocycles. The first-order valence-electron chi connectivity index (χ1n) is 7.59. The molecule has 0 aromatic heterocycles. The maximum absolute atomic E-state index is 13.9. The Morgan fingerprint density at radius 1 is 1.24 bits per heavy atom. The summed E-state index contributed by atoms with van der Waals surface area (Å²) in [6.07, 6.45) is 0.455. The maximum atomic E-state index is 13.9. The van der Waals surface area contributed by atoms with Crippen LogP contribution in [-0.4, -0.2) is 48.2 Å². The van der Waals surface area contributed by atoms with Crippen LogP contribution < -0.4 is 5.32 Å². The van der Waals surface area contributed by atoms with Crippen molar-refractivity contribution in [1.82, 2.24) is 4.90 Å². The largest absolute Gasteiger partial charge is 0.481 e. The van der Waals surface area contributed by atoms with Crippen LogP contribution in [0.3, 0.4) is 0 Å². The summed E-state index contributed by atoms with van der Waals surface area (Å²) in [7, 11) is 0.993. The van der Waals surface area contributed by atoms with E-state index >= 15 is 0 Å². The second kappa shape index (κ2) is 7.45. The van der Waals surface area contributed by atoms with Gasteiger partial charge in [0.1, 0.15) is 17.2 Å². The smallest absolute Gasteiger partial charge is 0.343 e. The molecule has 2 unspecified atom stereocenters. The van der Waals surface area contributed by atoms with E-state index in [0.29, 0.717) is 13.0 Å². The highest BCUT2D eigenvalue weighted by atomic mass is 19.1. The van der Waals surface area contributed by atoms with Gasteiger partial charge in [-0.25, -0.2) is 18.4 Å². The van der Waals surface area contributed by atoms with Gasteiger partial charge in [-0.3, -0.25) is 4.79 Å². The van der Waals surface area contributed by atoms with Crippen molar-refractivity contribution in [3.8, 4) is 0 Å². The second-order valence-corrected chi connectivity index (χ2v) is 6.02. The van der Waals surface area contributed by atoms with Crippen LogP contribution >= 0.6 is 0 Å². The number of carbonyl (C=O) groups is 3. The molecule has 0 spiro atoms. The standard InChI is InChI=1S/C16H18F2N2O5/c1-8-3-9(14(21)22)7-20(6-8)16(24)19-10-4-11(17)13(12(18)5-10)15(23)25-2/h4-5,8-9H,3,6-7H2,1-2H3,(H,19,24)(H,21,22). The summed E-state index contributed by atoms with van der Waals surface area (Å²) < 4.78 is 32.1. The molecule has 136 valence electrons. The molecule has 0 aliphatic carbocycles. The van der Waals surface area contributed by atoms with E-state index in [1.165, 1.54) is 4.90 Å². The van der Waals surface area contributed by atoms with Crippen molar-refractivity contribution in [1.29, 1.82) is 0 Å². The minimum Gasteiger partial charge on any atom is -0.481 e. The number of ether oxygens (including phenoxy) is 1. The Kier molecular flexibility index (Phi) is 5.55. The van der Waals surface area contributed by atoms with Crippen LogP contribution in [0.2, 0.25) is 0 Å². The third kappa shape index (κ3) is 4.23. The minimum atomic E-state index is -1.17. The number of urea groups is 1. The van der Waals surface area contributed by atoms with E-state index in [-0.39, 0.29) is 18.2 Å². The first kappa shape index (κ1) is 18.6. The SMILES string of the molecule is COC(=O)c1c(F)cc(NC(=O)N2CC(C)CC(C(=O)O)C2)cc1F. The molecule has 2 amide bonds. The number of esters is 1. The van der Waals surface area contributed by atoms with Crippen LogP contribution in [0.15, 0.2) is 12.1 Å². The van der Waals surface area contributed by atoms with Crippen molar-refractivity contribution in [3.63, 3.8) is 0 Å². The highest BCUT2D eigenvalue weighted by Gasteiger charge is 2.32. The molecular weight excluding hydrogens is 338 g/mol. The number of carboxylic acids is 1. The first-order valence-corrected chi connectivity index (χ1v) is 7.59. The topological polar surface area (TPSA) is 95.9 Å². The molecule has 7 nitrogen and oxygen atoms in total. The quantitative estimate of drug-likeness (QED) is 0.811. The van der Waals surface area contributed by atoms with Gasteiger partial charge in [-0.15, -0.1) is 0 Å². The molecule has 2 atom stereocenters. The number of nitrogens with zero attached hydrogens (tertiary/aromatic N) is 1. The third-order valence-corrected chi connectivity index (χ3v) is 3.98. The van der Waals surface area contributed by atoms with Gasteiger partial charge in [0.05, 0.1) is 13.0 Å². The molecule has 1 aromatic carbocycles. The Balaban J connectivity index is 2.15. The van der Waals surface area contributed by atoms with Gasteiger partial charge < -0.3 is 20.1 Å². The molecule has 1 saturated heterocycles. The van der Waals surface area contributed by atoms with Crippen LogP contribution in [0.5, 0.6) is 0 Å². The number of aliphatic carboxylic acids is 1. The van der Waals surface area contributed by atoms with Gasteiger partial charge >= 0.3 is 18.0 Å². The average molecular weight is 356 g/mol. The maximum Gasteiger partial charge on any atom is 0.343 e. The summed E-state index contributed by atoms with van der Waals surface area (Å²) in [4.78, 5) is 36.0. The Morgan fingerprint density at radius 3 is 2.36 bits per heavy atom. The van der Waals surface area contributed by atoms with Crippen LogP contribution in [0.4, 0.5) is 19.3 Å². The molecule has 1 aliphatic rings. The number of likely N-dealkylation sites (tertiary alicyclic amines) is 1. The predicted molar refractivity (Wildman–Crippen MR) is 83.2 cm³/mol. The highest BCUT2D eigenvalue weighted by molar-refractivity contribution is 5.93. The summed E-state index contributed by atoms with van der Waals surface area (Å²) in [6.45, 7) is 2.16. The van der Waals surface area contributed by atoms with Crippen molar-refractivity contribution < 1.29 is 33.0 Å². The molecule has 1 fully saturated rings. The van der Waals surface area contributed by atoms with Gasteiger partial charge in [-0.1, -0.05) is 6.92 Å². The lowest BCUT2D eigenvalue weighted by Gasteiger charge is -2.34. The molecule has 1 aromatic rings. The third-order valence-electron chi connectivity index (χ3n) is 3.98. The monoisotopic (exact) mass is 356 g/mol. The first-order chi connectivity index (χ1) is 11.7. The Labute approximate surface area is 142 Å². The molecule has 9 heteroatoms. The predicted octanol–water partition coefficient (Wildman–Crippen LogP) is 2.33. The number of amides is 2. The summed E-state index contributed by atoms with van der Waals surface area (Å²) in [5.41, 5.74) is -1.03. The summed E-state index contributed by atoms with van der Waals surface area (Å²) in [5, 5.41) is 11.4. The Bertz CT molecular complexity index is 687. The van der Waals surface area contributed by atoms with E-state index in [4.69, 9.17) is 5.11 Å². The molecule has 1 heterocycles. The van der Waals surface area contributed by atoms with Crippen LogP contribution in [0, 0.1) is 23.5 Å². The fraction of sp³-hybridized carbons (Fsp3) is 0.438. The summed E-state index contributed by atoms with van der Waals surface area (Å²) in [5.74, 6) is -5.21. The zero-order valence-corrected chi connectivity index (χ0v) is 13.7. The van der Waals surface area contributed by atoms with Gasteiger partial charge in [-0.05, 0) is 24.5 Å². The summed E-state index contributed by atoms with van der Waals surface area (Å²) >= 11 is 0. The molecule has 1 aliphatic heterocycles. The average Bonchev–Trinajstić information content (AvgIpc) is 2.53. The molecule has 2 N–H and O–H groups in total. The van der Waals surface area contributed by atoms with E-state index in [9.17, 15) is 23.2 Å². The van der Waals surface area contributed by atoms with Crippen molar-refractivity contribution in [2.24, 2.45) is 11.8 Å². The van der Waals surface area contributed by atoms with Gasteiger partial charge in [0.2, 0.25) is 0 Å². The molecule has 2 rings (SSSR count). The zero-order chi connectivity index (χ0) is 18.7. The number of carbonyl (C=O) groups excluding carboxylic acids is 2. The van der Waals surface area contributed by atoms with Gasteiger partial charge in [0.15, 0.2) is 0 Å². The number of rotatable bonds is 3. The number of hydrogen-bond donors (Lipinski definition) is 2. The molecule has 0 radical (unpaired) electrons. The van der Waals surface area contributed by atoms with Gasteiger partial charge in [0.25, 0.3) is 0 Å². The lowest BCUT2D eigenvalue weighted by atomic mass is 9.91. The Morgan fingerprint density at radius 2 is 1.84 bits per heavy atom. The van der Waals surface area contributed by atoms with Gasteiger partial charge in [-0.2, -0.15) is 0 Å². The number of anilines is 1. The van der Waals surface area contributed by atoms with Crippen LogP contribution in [0.1, 0.15) is 23.7 Å². The van der Waals surface area contributed by atoms with E-state index < -0.39 is 41.1 Å². The van der Waals surface area contributed by atoms with E-state index in [1.807, 2.05) is 6.92 Å². The number of hydrogen-bond acceptors (Lipinski definition) is 4. The second-order valence-electron chi connectivity index (χ2n) is 6.02. The number of carboxylic acid groups (broad SMARTS) is 1. The number of nitrogens with one attached hydrogen (secondary N) is 1. The molecule has 25 heavy (non-hydrogen) atoms. The number of methoxy groups -OCH3 is 1. The highest BCUT2D eigenvalue weighted by Crippen LogP contribution is 2.24. The van der Waals surface area contributed by atoms with Crippen molar-refractivity contribution in [2.45, 2.75) is 13.3 Å². The lowest BCUT2D eigenvalue weighted by Crippen LogP contribution is -2.47. The number of benzene rings is 1. The fourth-order valence-electron chi connectivity index (χ4n) is 2.84. The zero-order valence-electron chi connectivity index (χ0n) is 13.7. The lowest BCUT2D eigenvalue weighted by molar-refractivity contribution is -0.143. The minimum absolute atomic E-state index is 0.0106. The number of halogens is 2. The summed E-state index contributed by atoms with van der Waals surface area (Å²) in [6, 6.07) is 0.937.